The normalized spacial score (nSPS) is 18.7. The molecule has 0 bridgehead atoms. The molecule has 1 aliphatic carbocycles. The second kappa shape index (κ2) is 15.5. The smallest absolute Gasteiger partial charge is 0.390 e. The van der Waals surface area contributed by atoms with Crippen LogP contribution in [0.15, 0.2) is 48.5 Å². The fourth-order valence-electron chi connectivity index (χ4n) is 7.99. The minimum absolute atomic E-state index is 0.00855. The molecule has 1 saturated carbocycles. The van der Waals surface area contributed by atoms with Crippen molar-refractivity contribution in [3.05, 3.63) is 82.8 Å². The van der Waals surface area contributed by atoms with Crippen molar-refractivity contribution in [2.75, 3.05) is 29.0 Å². The number of fused-ring (bicyclic) bond motifs is 2. The number of piperidine rings is 1. The third kappa shape index (κ3) is 8.81. The Hall–Kier alpha value is -5.35. The monoisotopic (exact) mass is 907 g/mol. The summed E-state index contributed by atoms with van der Waals surface area (Å²) >= 11 is 1.29. The zero-order valence-electron chi connectivity index (χ0n) is 33.6. The number of pyridine rings is 1. The third-order valence-corrected chi connectivity index (χ3v) is 12.9. The first-order valence-electron chi connectivity index (χ1n) is 19.5. The van der Waals surface area contributed by atoms with Gasteiger partial charge in [0.25, 0.3) is 5.92 Å². The second-order valence-corrected chi connectivity index (χ2v) is 19.1. The Kier molecular flexibility index (Phi) is 10.8. The van der Waals surface area contributed by atoms with E-state index in [0.717, 1.165) is 18.4 Å². The standard InChI is InChI=1S/C40H40F7N9O4S2/c1-20-12-27(20)39(43,44)31-18-30(40(45,46)47)51-56(31)19-32(57)48-28(15-21-13-22(41)16-23(42)14-21)33-26(24-6-5-7-25-34(24)54(3)52-35(25)53-62(4,59)60)17-29-36(49-33)50-37(61-29)55-10-8-38(2,58)9-11-55/h5-7,13-14,16-18,20,27-28,58H,8-12,15,19H2,1-4H3,(H,48,57)(H,52,53)/t20-,27+,28?/m0/s1. The fourth-order valence-corrected chi connectivity index (χ4v) is 9.49. The summed E-state index contributed by atoms with van der Waals surface area (Å²) in [6, 6.07) is 8.26. The Bertz CT molecular complexity index is 2810. The highest BCUT2D eigenvalue weighted by atomic mass is 32.2. The summed E-state index contributed by atoms with van der Waals surface area (Å²) in [5.41, 5.74) is -2.12. The number of aromatic nitrogens is 6. The van der Waals surface area contributed by atoms with Gasteiger partial charge in [-0.25, -0.2) is 22.2 Å². The molecule has 1 unspecified atom stereocenters. The molecule has 4 aromatic heterocycles. The first kappa shape index (κ1) is 43.3. The molecular weight excluding hydrogens is 868 g/mol. The zero-order valence-corrected chi connectivity index (χ0v) is 35.2. The van der Waals surface area contributed by atoms with Crippen LogP contribution < -0.4 is 14.9 Å². The zero-order chi connectivity index (χ0) is 44.7. The Labute approximate surface area is 354 Å². The Balaban J connectivity index is 1.28. The molecule has 62 heavy (non-hydrogen) atoms. The van der Waals surface area contributed by atoms with E-state index >= 15 is 8.78 Å². The van der Waals surface area contributed by atoms with Gasteiger partial charge >= 0.3 is 6.18 Å². The highest BCUT2D eigenvalue weighted by molar-refractivity contribution is 7.92. The lowest BCUT2D eigenvalue weighted by Crippen LogP contribution is -2.42. The van der Waals surface area contributed by atoms with Gasteiger partial charge in [-0.05, 0) is 74.4 Å². The Morgan fingerprint density at radius 2 is 1.69 bits per heavy atom. The molecule has 1 amide bonds. The van der Waals surface area contributed by atoms with E-state index in [1.807, 2.05) is 4.90 Å². The van der Waals surface area contributed by atoms with Crippen molar-refractivity contribution in [3.63, 3.8) is 0 Å². The van der Waals surface area contributed by atoms with Gasteiger partial charge in [-0.1, -0.05) is 30.4 Å². The molecule has 1 saturated heterocycles. The number of nitrogens with zero attached hydrogens (tertiary/aromatic N) is 7. The predicted molar refractivity (Wildman–Crippen MR) is 217 cm³/mol. The number of alkyl halides is 5. The molecule has 0 spiro atoms. The highest BCUT2D eigenvalue weighted by Crippen LogP contribution is 2.54. The molecule has 5 heterocycles. The number of halogens is 7. The summed E-state index contributed by atoms with van der Waals surface area (Å²) in [5.74, 6) is -8.45. The molecule has 2 aromatic carbocycles. The van der Waals surface area contributed by atoms with Gasteiger partial charge in [0.15, 0.2) is 22.3 Å². The van der Waals surface area contributed by atoms with E-state index in [1.165, 1.54) is 22.9 Å². The van der Waals surface area contributed by atoms with Crippen LogP contribution in [-0.2, 0) is 46.9 Å². The number of aryl methyl sites for hydroxylation is 1. The minimum atomic E-state index is -5.11. The summed E-state index contributed by atoms with van der Waals surface area (Å²) in [4.78, 5) is 25.8. The molecule has 2 aliphatic rings. The summed E-state index contributed by atoms with van der Waals surface area (Å²) in [6.45, 7) is 3.15. The molecule has 3 N–H and O–H groups in total. The number of carbonyl (C=O) groups is 1. The molecule has 2 fully saturated rings. The van der Waals surface area contributed by atoms with Gasteiger partial charge in [0.1, 0.15) is 23.9 Å². The molecule has 22 heteroatoms. The van der Waals surface area contributed by atoms with Crippen molar-refractivity contribution in [2.24, 2.45) is 18.9 Å². The van der Waals surface area contributed by atoms with E-state index in [9.17, 15) is 40.3 Å². The molecule has 13 nitrogen and oxygen atoms in total. The third-order valence-electron chi connectivity index (χ3n) is 11.3. The molecule has 3 atom stereocenters. The molecule has 1 aliphatic heterocycles. The van der Waals surface area contributed by atoms with Crippen molar-refractivity contribution < 1.29 is 49.1 Å². The summed E-state index contributed by atoms with van der Waals surface area (Å²) in [5, 5.41) is 22.0. The van der Waals surface area contributed by atoms with Crippen molar-refractivity contribution >= 4 is 59.5 Å². The van der Waals surface area contributed by atoms with Crippen molar-refractivity contribution in [3.8, 4) is 11.1 Å². The number of carbonyl (C=O) groups excluding carboxylic acids is 1. The number of hydrogen-bond donors (Lipinski definition) is 3. The van der Waals surface area contributed by atoms with Crippen LogP contribution in [0.5, 0.6) is 0 Å². The SMILES string of the molecule is C[C@H]1C[C@H]1C(F)(F)c1cc(C(F)(F)F)nn1CC(=O)NC(Cc1cc(F)cc(F)c1)c1nc2nc(N3CCC(C)(O)CC3)sc2cc1-c1cccc2c(NS(C)(=O)=O)nn(C)c12. The number of aliphatic hydroxyl groups is 1. The van der Waals surface area contributed by atoms with Gasteiger partial charge in [-0.15, -0.1) is 0 Å². The largest absolute Gasteiger partial charge is 0.435 e. The summed E-state index contributed by atoms with van der Waals surface area (Å²) in [6.07, 6.45) is -3.52. The number of rotatable bonds is 12. The minimum Gasteiger partial charge on any atom is -0.390 e. The molecule has 0 radical (unpaired) electrons. The topological polar surface area (TPSA) is 160 Å². The van der Waals surface area contributed by atoms with Gasteiger partial charge in [-0.3, -0.25) is 18.9 Å². The lowest BCUT2D eigenvalue weighted by Gasteiger charge is -2.35. The van der Waals surface area contributed by atoms with E-state index in [-0.39, 0.29) is 41.6 Å². The summed E-state index contributed by atoms with van der Waals surface area (Å²) in [7, 11) is -2.22. The van der Waals surface area contributed by atoms with Crippen LogP contribution in [0.1, 0.15) is 61.8 Å². The highest BCUT2D eigenvalue weighted by Gasteiger charge is 2.56. The number of sulfonamides is 1. The predicted octanol–water partition coefficient (Wildman–Crippen LogP) is 7.31. The van der Waals surface area contributed by atoms with Crippen LogP contribution in [0.4, 0.5) is 41.7 Å². The van der Waals surface area contributed by atoms with Crippen molar-refractivity contribution in [1.82, 2.24) is 34.8 Å². The fraction of sp³-hybridized carbons (Fsp3) is 0.425. The molecule has 330 valence electrons. The van der Waals surface area contributed by atoms with Gasteiger partial charge in [0.2, 0.25) is 15.9 Å². The molecule has 8 rings (SSSR count). The number of amides is 1. The number of anilines is 2. The van der Waals surface area contributed by atoms with Crippen molar-refractivity contribution in [1.29, 1.82) is 0 Å². The number of benzene rings is 2. The van der Waals surface area contributed by atoms with Gasteiger partial charge in [0, 0.05) is 48.6 Å². The van der Waals surface area contributed by atoms with Crippen LogP contribution in [0.3, 0.4) is 0 Å². The van der Waals surface area contributed by atoms with Gasteiger partial charge in [-0.2, -0.15) is 37.1 Å². The first-order chi connectivity index (χ1) is 29.0. The molecular formula is C40H40F7N9O4S2. The van der Waals surface area contributed by atoms with Crippen LogP contribution >= 0.6 is 11.3 Å². The van der Waals surface area contributed by atoms with E-state index in [1.54, 1.807) is 38.2 Å². The van der Waals surface area contributed by atoms with Gasteiger partial charge in [0.05, 0.1) is 33.8 Å². The number of nitrogens with one attached hydrogen (secondary N) is 2. The lowest BCUT2D eigenvalue weighted by atomic mass is 9.94. The quantitative estimate of drug-likeness (QED) is 0.107. The summed E-state index contributed by atoms with van der Waals surface area (Å²) < 4.78 is 132. The average Bonchev–Trinajstić information content (AvgIpc) is 3.43. The second-order valence-electron chi connectivity index (χ2n) is 16.4. The Morgan fingerprint density at radius 3 is 2.32 bits per heavy atom. The van der Waals surface area contributed by atoms with Crippen LogP contribution in [0.2, 0.25) is 0 Å². The Morgan fingerprint density at radius 1 is 1.02 bits per heavy atom. The van der Waals surface area contributed by atoms with Crippen LogP contribution in [0, 0.1) is 23.5 Å². The van der Waals surface area contributed by atoms with Gasteiger partial charge < -0.3 is 15.3 Å². The maximum atomic E-state index is 15.7. The maximum Gasteiger partial charge on any atom is 0.435 e. The number of para-hydroxylation sites is 1. The van der Waals surface area contributed by atoms with E-state index in [2.05, 4.69) is 20.2 Å². The number of thiazole rings is 1. The number of hydrogen-bond acceptors (Lipinski definition) is 10. The average molecular weight is 908 g/mol. The maximum absolute atomic E-state index is 15.7. The van der Waals surface area contributed by atoms with Crippen molar-refractivity contribution in [2.45, 2.75) is 69.8 Å². The van der Waals surface area contributed by atoms with Crippen LogP contribution in [-0.4, -0.2) is 73.9 Å². The molecule has 6 aromatic rings. The van der Waals surface area contributed by atoms with E-state index in [0.29, 0.717) is 68.5 Å². The van der Waals surface area contributed by atoms with Crippen LogP contribution in [0.25, 0.3) is 32.4 Å². The van der Waals surface area contributed by atoms with E-state index < -0.39 is 81.1 Å². The lowest BCUT2D eigenvalue weighted by molar-refractivity contribution is -0.141. The van der Waals surface area contributed by atoms with E-state index in [4.69, 9.17) is 9.97 Å². The first-order valence-corrected chi connectivity index (χ1v) is 22.2.